The van der Waals surface area contributed by atoms with E-state index in [2.05, 4.69) is 20.9 Å². The quantitative estimate of drug-likeness (QED) is 0.465. The monoisotopic (exact) mass is 194 g/mol. The number of nitrogens with zero attached hydrogens (tertiary/aromatic N) is 1. The summed E-state index contributed by atoms with van der Waals surface area (Å²) in [5, 5.41) is 10.2. The summed E-state index contributed by atoms with van der Waals surface area (Å²) in [7, 11) is 0. The summed E-state index contributed by atoms with van der Waals surface area (Å²) in [4.78, 5) is 2.24. The van der Waals surface area contributed by atoms with Gasteiger partial charge >= 0.3 is 0 Å². The smallest absolute Gasteiger partial charge is 0.111 e. The maximum atomic E-state index is 5.15. The third kappa shape index (κ3) is 1.21. The van der Waals surface area contributed by atoms with Crippen molar-refractivity contribution in [1.82, 2.24) is 20.9 Å². The first-order valence-corrected chi connectivity index (χ1v) is 4.92. The van der Waals surface area contributed by atoms with Crippen molar-refractivity contribution >= 4 is 0 Å². The minimum atomic E-state index is 0.344. The second-order valence-corrected chi connectivity index (χ2v) is 3.70. The second-order valence-electron chi connectivity index (χ2n) is 3.70. The molecule has 0 amide bonds. The van der Waals surface area contributed by atoms with Crippen molar-refractivity contribution in [3.63, 3.8) is 0 Å². The number of ether oxygens (including phenoxy) is 1. The molecule has 0 aromatic rings. The van der Waals surface area contributed by atoms with Crippen molar-refractivity contribution in [3.8, 4) is 0 Å². The Morgan fingerprint density at radius 3 is 3.43 bits per heavy atom. The molecular weight excluding hydrogens is 180 g/mol. The van der Waals surface area contributed by atoms with E-state index in [0.717, 1.165) is 19.8 Å². The van der Waals surface area contributed by atoms with Crippen LogP contribution in [0.4, 0.5) is 0 Å². The van der Waals surface area contributed by atoms with Gasteiger partial charge < -0.3 is 20.3 Å². The molecule has 2 atom stereocenters. The topological polar surface area (TPSA) is 48.6 Å². The van der Waals surface area contributed by atoms with Gasteiger partial charge in [0, 0.05) is 26.0 Å². The van der Waals surface area contributed by atoms with E-state index in [0.29, 0.717) is 12.2 Å². The van der Waals surface area contributed by atoms with Gasteiger partial charge in [0.1, 0.15) is 18.7 Å². The summed E-state index contributed by atoms with van der Waals surface area (Å²) >= 11 is 0. The maximum absolute atomic E-state index is 5.15. The molecule has 0 spiro atoms. The summed E-state index contributed by atoms with van der Waals surface area (Å²) in [6.07, 6.45) is 5.85. The van der Waals surface area contributed by atoms with Gasteiger partial charge in [-0.25, -0.2) is 0 Å². The van der Waals surface area contributed by atoms with Crippen LogP contribution < -0.4 is 16.0 Å². The minimum Gasteiger partial charge on any atom is -0.469 e. The van der Waals surface area contributed by atoms with Gasteiger partial charge in [0.15, 0.2) is 0 Å². The van der Waals surface area contributed by atoms with E-state index in [9.17, 15) is 0 Å². The van der Waals surface area contributed by atoms with Crippen molar-refractivity contribution in [2.45, 2.75) is 12.2 Å². The van der Waals surface area contributed by atoms with E-state index >= 15 is 0 Å². The standard InChI is InChI=1S/C9H14N4O/c1-2-14-5-7-3-11-8-4-10-6-12-9(8)13(1)7/h1-2,5,8-12H,3-4,6H2. The SMILES string of the molecule is C1=CN2C(=CO1)CNC1CNCNC12. The zero-order chi connectivity index (χ0) is 9.38. The number of fused-ring (bicyclic) bond motifs is 3. The lowest BCUT2D eigenvalue weighted by atomic mass is 10.1. The van der Waals surface area contributed by atoms with Crippen LogP contribution in [0.2, 0.25) is 0 Å². The van der Waals surface area contributed by atoms with Gasteiger partial charge in [0.25, 0.3) is 0 Å². The molecule has 0 aliphatic carbocycles. The van der Waals surface area contributed by atoms with E-state index < -0.39 is 0 Å². The Balaban J connectivity index is 1.85. The summed E-state index contributed by atoms with van der Waals surface area (Å²) in [5.74, 6) is 0. The van der Waals surface area contributed by atoms with Gasteiger partial charge in [0.05, 0.1) is 11.7 Å². The fraction of sp³-hybridized carbons (Fsp3) is 0.556. The van der Waals surface area contributed by atoms with Crippen LogP contribution in [0.1, 0.15) is 0 Å². The van der Waals surface area contributed by atoms with Gasteiger partial charge in [-0.2, -0.15) is 0 Å². The highest BCUT2D eigenvalue weighted by Crippen LogP contribution is 2.20. The summed E-state index contributed by atoms with van der Waals surface area (Å²) in [5.41, 5.74) is 1.18. The predicted molar refractivity (Wildman–Crippen MR) is 51.7 cm³/mol. The van der Waals surface area contributed by atoms with Crippen LogP contribution in [0.15, 0.2) is 24.4 Å². The number of hydrogen-bond acceptors (Lipinski definition) is 5. The summed E-state index contributed by atoms with van der Waals surface area (Å²) < 4.78 is 5.15. The number of piperazine rings is 1. The zero-order valence-electron chi connectivity index (χ0n) is 7.86. The van der Waals surface area contributed by atoms with Gasteiger partial charge in [0.2, 0.25) is 0 Å². The van der Waals surface area contributed by atoms with Crippen molar-refractivity contribution < 1.29 is 4.74 Å². The lowest BCUT2D eigenvalue weighted by Crippen LogP contribution is -2.68. The molecule has 3 rings (SSSR count). The molecule has 3 aliphatic heterocycles. The first kappa shape index (κ1) is 8.28. The molecule has 0 bridgehead atoms. The molecule has 5 heteroatoms. The zero-order valence-corrected chi connectivity index (χ0v) is 7.86. The number of hydrogen-bond donors (Lipinski definition) is 3. The molecule has 0 aromatic heterocycles. The Labute approximate surface area is 82.8 Å². The molecule has 5 nitrogen and oxygen atoms in total. The van der Waals surface area contributed by atoms with Crippen LogP contribution in [0.5, 0.6) is 0 Å². The molecular formula is C9H14N4O. The van der Waals surface area contributed by atoms with Crippen LogP contribution in [-0.4, -0.2) is 36.9 Å². The lowest BCUT2D eigenvalue weighted by Gasteiger charge is -2.46. The fourth-order valence-electron chi connectivity index (χ4n) is 2.15. The molecule has 0 radical (unpaired) electrons. The van der Waals surface area contributed by atoms with Gasteiger partial charge in [-0.05, 0) is 0 Å². The Morgan fingerprint density at radius 1 is 1.43 bits per heavy atom. The molecule has 2 saturated heterocycles. The average Bonchev–Trinajstić information content (AvgIpc) is 2.29. The Bertz CT molecular complexity index is 289. The van der Waals surface area contributed by atoms with Crippen LogP contribution in [-0.2, 0) is 4.74 Å². The highest BCUT2D eigenvalue weighted by Gasteiger charge is 2.34. The Hall–Kier alpha value is -1.04. The highest BCUT2D eigenvalue weighted by atomic mass is 16.5. The minimum absolute atomic E-state index is 0.344. The number of nitrogens with one attached hydrogen (secondary N) is 3. The van der Waals surface area contributed by atoms with Crippen LogP contribution >= 0.6 is 0 Å². The summed E-state index contributed by atoms with van der Waals surface area (Å²) in [6, 6.07) is 0.462. The molecule has 0 saturated carbocycles. The molecule has 2 fully saturated rings. The maximum Gasteiger partial charge on any atom is 0.111 e. The normalized spacial score (nSPS) is 35.4. The molecule has 76 valence electrons. The molecule has 3 heterocycles. The molecule has 2 unspecified atom stereocenters. The van der Waals surface area contributed by atoms with Crippen molar-refractivity contribution in [3.05, 3.63) is 24.4 Å². The van der Waals surface area contributed by atoms with Crippen molar-refractivity contribution in [2.75, 3.05) is 19.8 Å². The highest BCUT2D eigenvalue weighted by molar-refractivity contribution is 5.15. The molecule has 3 aliphatic rings. The van der Waals surface area contributed by atoms with Crippen LogP contribution in [0, 0.1) is 0 Å². The van der Waals surface area contributed by atoms with Crippen LogP contribution in [0.25, 0.3) is 0 Å². The van der Waals surface area contributed by atoms with E-state index in [1.807, 2.05) is 6.20 Å². The first-order valence-electron chi connectivity index (χ1n) is 4.92. The van der Waals surface area contributed by atoms with E-state index in [4.69, 9.17) is 4.74 Å². The predicted octanol–water partition coefficient (Wildman–Crippen LogP) is -0.921. The van der Waals surface area contributed by atoms with Gasteiger partial charge in [-0.1, -0.05) is 0 Å². The Morgan fingerprint density at radius 2 is 2.43 bits per heavy atom. The first-order chi connectivity index (χ1) is 6.95. The third-order valence-corrected chi connectivity index (χ3v) is 2.86. The molecule has 14 heavy (non-hydrogen) atoms. The van der Waals surface area contributed by atoms with Crippen molar-refractivity contribution in [2.24, 2.45) is 0 Å². The third-order valence-electron chi connectivity index (χ3n) is 2.86. The number of rotatable bonds is 0. The lowest BCUT2D eigenvalue weighted by molar-refractivity contribution is 0.133. The second kappa shape index (κ2) is 3.27. The van der Waals surface area contributed by atoms with E-state index in [1.54, 1.807) is 12.5 Å². The average molecular weight is 194 g/mol. The van der Waals surface area contributed by atoms with Crippen molar-refractivity contribution in [1.29, 1.82) is 0 Å². The van der Waals surface area contributed by atoms with Gasteiger partial charge in [-0.15, -0.1) is 0 Å². The van der Waals surface area contributed by atoms with E-state index in [-0.39, 0.29) is 0 Å². The largest absolute Gasteiger partial charge is 0.469 e. The Kier molecular flexibility index (Phi) is 1.93. The fourth-order valence-corrected chi connectivity index (χ4v) is 2.15. The van der Waals surface area contributed by atoms with Gasteiger partial charge in [-0.3, -0.25) is 5.32 Å². The molecule has 3 N–H and O–H groups in total. The molecule has 0 aromatic carbocycles. The van der Waals surface area contributed by atoms with Crippen LogP contribution in [0.3, 0.4) is 0 Å². The summed E-state index contributed by atoms with van der Waals surface area (Å²) in [6.45, 7) is 2.74. The van der Waals surface area contributed by atoms with E-state index in [1.165, 1.54) is 5.70 Å².